The molecule has 1 aliphatic rings. The second-order valence-corrected chi connectivity index (χ2v) is 5.03. The lowest BCUT2D eigenvalue weighted by Crippen LogP contribution is -2.25. The molecule has 3 rings (SSSR count). The number of carbonyl (C=O) groups is 1. The molecule has 0 spiro atoms. The van der Waals surface area contributed by atoms with E-state index in [1.165, 1.54) is 5.56 Å². The Balaban J connectivity index is 1.56. The normalized spacial score (nSPS) is 13.8. The smallest absolute Gasteiger partial charge is 0.251 e. The summed E-state index contributed by atoms with van der Waals surface area (Å²) in [7, 11) is 0. The van der Waals surface area contributed by atoms with Gasteiger partial charge in [-0.25, -0.2) is 0 Å². The second kappa shape index (κ2) is 5.74. The molecule has 0 unspecified atom stereocenters. The van der Waals surface area contributed by atoms with Crippen LogP contribution in [0.3, 0.4) is 0 Å². The standard InChI is InChI=1S/C16H17N3O/c20-16(19-15-5-6-15)13-1-3-14(4-2-13)18-11-12-7-9-17-10-8-12/h1-4,7-10,15,18H,5-6,11H2,(H,19,20). The molecule has 4 nitrogen and oxygen atoms in total. The second-order valence-electron chi connectivity index (χ2n) is 5.03. The molecule has 102 valence electrons. The molecule has 0 bridgehead atoms. The average molecular weight is 267 g/mol. The first kappa shape index (κ1) is 12.7. The molecule has 0 saturated heterocycles. The Labute approximate surface area is 118 Å². The largest absolute Gasteiger partial charge is 0.381 e. The van der Waals surface area contributed by atoms with Gasteiger partial charge in [0, 0.05) is 36.2 Å². The fraction of sp³-hybridized carbons (Fsp3) is 0.250. The first-order chi connectivity index (χ1) is 9.81. The lowest BCUT2D eigenvalue weighted by molar-refractivity contribution is 0.0951. The monoisotopic (exact) mass is 267 g/mol. The van der Waals surface area contributed by atoms with E-state index in [1.54, 1.807) is 12.4 Å². The van der Waals surface area contributed by atoms with Crippen molar-refractivity contribution >= 4 is 11.6 Å². The number of anilines is 1. The average Bonchev–Trinajstić information content (AvgIpc) is 3.31. The zero-order chi connectivity index (χ0) is 13.8. The topological polar surface area (TPSA) is 54.0 Å². The highest BCUT2D eigenvalue weighted by Crippen LogP contribution is 2.19. The van der Waals surface area contributed by atoms with Gasteiger partial charge < -0.3 is 10.6 Å². The number of aromatic nitrogens is 1. The Kier molecular flexibility index (Phi) is 3.63. The molecule has 2 aromatic rings. The van der Waals surface area contributed by atoms with Gasteiger partial charge >= 0.3 is 0 Å². The fourth-order valence-corrected chi connectivity index (χ4v) is 1.94. The summed E-state index contributed by atoms with van der Waals surface area (Å²) in [5.74, 6) is 0.0215. The third kappa shape index (κ3) is 3.35. The van der Waals surface area contributed by atoms with Crippen molar-refractivity contribution in [3.8, 4) is 0 Å². The van der Waals surface area contributed by atoms with Crippen LogP contribution in [0, 0.1) is 0 Å². The van der Waals surface area contributed by atoms with Gasteiger partial charge in [0.05, 0.1) is 0 Å². The molecule has 1 heterocycles. The van der Waals surface area contributed by atoms with E-state index in [2.05, 4.69) is 15.6 Å². The quantitative estimate of drug-likeness (QED) is 0.875. The van der Waals surface area contributed by atoms with Crippen molar-refractivity contribution in [3.63, 3.8) is 0 Å². The Morgan fingerprint density at radius 1 is 1.10 bits per heavy atom. The molecule has 20 heavy (non-hydrogen) atoms. The molecular weight excluding hydrogens is 250 g/mol. The van der Waals surface area contributed by atoms with E-state index in [1.807, 2.05) is 36.4 Å². The predicted molar refractivity (Wildman–Crippen MR) is 78.5 cm³/mol. The maximum atomic E-state index is 11.8. The first-order valence-corrected chi connectivity index (χ1v) is 6.85. The van der Waals surface area contributed by atoms with Crippen molar-refractivity contribution in [2.24, 2.45) is 0 Å². The number of nitrogens with one attached hydrogen (secondary N) is 2. The zero-order valence-electron chi connectivity index (χ0n) is 11.2. The van der Waals surface area contributed by atoms with E-state index >= 15 is 0 Å². The van der Waals surface area contributed by atoms with Crippen LogP contribution in [0.5, 0.6) is 0 Å². The fourth-order valence-electron chi connectivity index (χ4n) is 1.94. The van der Waals surface area contributed by atoms with Crippen LogP contribution < -0.4 is 10.6 Å². The Bertz CT molecular complexity index is 576. The minimum atomic E-state index is 0.0215. The minimum Gasteiger partial charge on any atom is -0.381 e. The number of hydrogen-bond acceptors (Lipinski definition) is 3. The molecule has 2 N–H and O–H groups in total. The van der Waals surface area contributed by atoms with Gasteiger partial charge in [0.2, 0.25) is 0 Å². The maximum absolute atomic E-state index is 11.8. The summed E-state index contributed by atoms with van der Waals surface area (Å²) in [4.78, 5) is 15.8. The van der Waals surface area contributed by atoms with Crippen LogP contribution in [-0.2, 0) is 6.54 Å². The highest BCUT2D eigenvalue weighted by molar-refractivity contribution is 5.94. The number of pyridine rings is 1. The SMILES string of the molecule is O=C(NC1CC1)c1ccc(NCc2ccncc2)cc1. The van der Waals surface area contributed by atoms with Crippen molar-refractivity contribution in [2.75, 3.05) is 5.32 Å². The van der Waals surface area contributed by atoms with Crippen molar-refractivity contribution in [1.82, 2.24) is 10.3 Å². The van der Waals surface area contributed by atoms with Crippen LogP contribution in [0.2, 0.25) is 0 Å². The molecule has 1 aromatic heterocycles. The summed E-state index contributed by atoms with van der Waals surface area (Å²) in [6.45, 7) is 0.746. The van der Waals surface area contributed by atoms with E-state index in [0.29, 0.717) is 11.6 Å². The van der Waals surface area contributed by atoms with Crippen molar-refractivity contribution in [2.45, 2.75) is 25.4 Å². The first-order valence-electron chi connectivity index (χ1n) is 6.85. The van der Waals surface area contributed by atoms with Gasteiger partial charge in [-0.15, -0.1) is 0 Å². The van der Waals surface area contributed by atoms with Gasteiger partial charge in [0.1, 0.15) is 0 Å². The third-order valence-corrected chi connectivity index (χ3v) is 3.31. The van der Waals surface area contributed by atoms with Crippen LogP contribution in [0.1, 0.15) is 28.8 Å². The maximum Gasteiger partial charge on any atom is 0.251 e. The highest BCUT2D eigenvalue weighted by Gasteiger charge is 2.23. The van der Waals surface area contributed by atoms with Crippen molar-refractivity contribution in [3.05, 3.63) is 59.9 Å². The summed E-state index contributed by atoms with van der Waals surface area (Å²) in [6, 6.07) is 11.9. The lowest BCUT2D eigenvalue weighted by Gasteiger charge is -2.08. The summed E-state index contributed by atoms with van der Waals surface area (Å²) in [6.07, 6.45) is 5.78. The highest BCUT2D eigenvalue weighted by atomic mass is 16.1. The molecule has 1 aliphatic carbocycles. The molecule has 0 atom stereocenters. The van der Waals surface area contributed by atoms with E-state index < -0.39 is 0 Å². The lowest BCUT2D eigenvalue weighted by atomic mass is 10.2. The van der Waals surface area contributed by atoms with Crippen LogP contribution in [0.25, 0.3) is 0 Å². The molecule has 0 radical (unpaired) electrons. The van der Waals surface area contributed by atoms with Gasteiger partial charge in [-0.1, -0.05) is 0 Å². The van der Waals surface area contributed by atoms with Gasteiger partial charge in [-0.3, -0.25) is 9.78 Å². The van der Waals surface area contributed by atoms with Gasteiger partial charge in [-0.05, 0) is 54.8 Å². The Hall–Kier alpha value is -2.36. The van der Waals surface area contributed by atoms with Gasteiger partial charge in [0.15, 0.2) is 0 Å². The van der Waals surface area contributed by atoms with Gasteiger partial charge in [0.25, 0.3) is 5.91 Å². The Morgan fingerprint density at radius 3 is 2.45 bits per heavy atom. The van der Waals surface area contributed by atoms with Crippen molar-refractivity contribution < 1.29 is 4.79 Å². The molecule has 1 fully saturated rings. The number of carbonyl (C=O) groups excluding carboxylic acids is 1. The van der Waals surface area contributed by atoms with E-state index in [4.69, 9.17) is 0 Å². The number of rotatable bonds is 5. The van der Waals surface area contributed by atoms with E-state index in [0.717, 1.165) is 25.1 Å². The predicted octanol–water partition coefficient (Wildman–Crippen LogP) is 2.59. The number of benzene rings is 1. The molecule has 1 saturated carbocycles. The minimum absolute atomic E-state index is 0.0215. The van der Waals surface area contributed by atoms with Crippen LogP contribution in [0.15, 0.2) is 48.8 Å². The summed E-state index contributed by atoms with van der Waals surface area (Å²) in [5, 5.41) is 6.30. The van der Waals surface area contributed by atoms with Gasteiger partial charge in [-0.2, -0.15) is 0 Å². The van der Waals surface area contributed by atoms with Crippen LogP contribution in [0.4, 0.5) is 5.69 Å². The van der Waals surface area contributed by atoms with Crippen LogP contribution in [-0.4, -0.2) is 16.9 Å². The van der Waals surface area contributed by atoms with E-state index in [9.17, 15) is 4.79 Å². The molecular formula is C16H17N3O. The summed E-state index contributed by atoms with van der Waals surface area (Å²) in [5.41, 5.74) is 2.90. The Morgan fingerprint density at radius 2 is 1.80 bits per heavy atom. The van der Waals surface area contributed by atoms with Crippen molar-refractivity contribution in [1.29, 1.82) is 0 Å². The van der Waals surface area contributed by atoms with E-state index in [-0.39, 0.29) is 5.91 Å². The number of nitrogens with zero attached hydrogens (tertiary/aromatic N) is 1. The zero-order valence-corrected chi connectivity index (χ0v) is 11.2. The number of amides is 1. The molecule has 4 heteroatoms. The molecule has 1 amide bonds. The summed E-state index contributed by atoms with van der Waals surface area (Å²) < 4.78 is 0. The molecule has 0 aliphatic heterocycles. The van der Waals surface area contributed by atoms with Crippen LogP contribution >= 0.6 is 0 Å². The summed E-state index contributed by atoms with van der Waals surface area (Å²) >= 11 is 0. The number of hydrogen-bond donors (Lipinski definition) is 2. The molecule has 1 aromatic carbocycles. The third-order valence-electron chi connectivity index (χ3n) is 3.31.